The predicted molar refractivity (Wildman–Crippen MR) is 62.6 cm³/mol. The highest BCUT2D eigenvalue weighted by molar-refractivity contribution is 5.10. The van der Waals surface area contributed by atoms with Crippen LogP contribution in [-0.4, -0.2) is 24.8 Å². The fourth-order valence-electron chi connectivity index (χ4n) is 2.97. The molecule has 0 aliphatic heterocycles. The lowest BCUT2D eigenvalue weighted by atomic mass is 9.93. The summed E-state index contributed by atoms with van der Waals surface area (Å²) in [6.45, 7) is 4.74. The molecule has 0 radical (unpaired) electrons. The summed E-state index contributed by atoms with van der Waals surface area (Å²) in [7, 11) is 0. The molecule has 0 aromatic rings. The Morgan fingerprint density at radius 1 is 1.40 bits per heavy atom. The zero-order valence-corrected chi connectivity index (χ0v) is 9.65. The van der Waals surface area contributed by atoms with E-state index in [9.17, 15) is 0 Å². The van der Waals surface area contributed by atoms with Crippen LogP contribution < -0.4 is 5.32 Å². The van der Waals surface area contributed by atoms with E-state index in [1.54, 1.807) is 0 Å². The van der Waals surface area contributed by atoms with Crippen LogP contribution in [0.3, 0.4) is 0 Å². The van der Waals surface area contributed by atoms with Crippen molar-refractivity contribution in [3.05, 3.63) is 12.2 Å². The second-order valence-electron chi connectivity index (χ2n) is 5.32. The summed E-state index contributed by atoms with van der Waals surface area (Å²) < 4.78 is 0. The van der Waals surface area contributed by atoms with Crippen molar-refractivity contribution in [1.29, 1.82) is 0 Å². The molecule has 0 aromatic carbocycles. The molecule has 0 spiro atoms. The van der Waals surface area contributed by atoms with Crippen molar-refractivity contribution in [2.45, 2.75) is 26.2 Å². The molecule has 1 fully saturated rings. The summed E-state index contributed by atoms with van der Waals surface area (Å²) in [4.78, 5) is 0. The number of hydrogen-bond donors (Lipinski definition) is 2. The molecular formula is C13H23NO. The summed E-state index contributed by atoms with van der Waals surface area (Å²) in [6, 6.07) is 0. The van der Waals surface area contributed by atoms with Crippen LogP contribution in [0, 0.1) is 23.7 Å². The highest BCUT2D eigenvalue weighted by Crippen LogP contribution is 2.42. The van der Waals surface area contributed by atoms with E-state index in [0.717, 1.165) is 30.7 Å². The van der Waals surface area contributed by atoms with E-state index < -0.39 is 0 Å². The topological polar surface area (TPSA) is 32.3 Å². The average Bonchev–Trinajstić information content (AvgIpc) is 2.79. The Hall–Kier alpha value is -0.340. The molecule has 15 heavy (non-hydrogen) atoms. The lowest BCUT2D eigenvalue weighted by Crippen LogP contribution is -2.29. The average molecular weight is 209 g/mol. The van der Waals surface area contributed by atoms with Crippen molar-refractivity contribution in [2.75, 3.05) is 19.7 Å². The van der Waals surface area contributed by atoms with Gasteiger partial charge in [-0.3, -0.25) is 0 Å². The van der Waals surface area contributed by atoms with Crippen LogP contribution in [0.2, 0.25) is 0 Å². The van der Waals surface area contributed by atoms with Gasteiger partial charge in [0, 0.05) is 6.61 Å². The van der Waals surface area contributed by atoms with Gasteiger partial charge in [-0.1, -0.05) is 19.1 Å². The van der Waals surface area contributed by atoms with Gasteiger partial charge in [0.2, 0.25) is 0 Å². The van der Waals surface area contributed by atoms with E-state index in [2.05, 4.69) is 24.4 Å². The molecule has 2 aliphatic rings. The second kappa shape index (κ2) is 5.13. The molecule has 0 aromatic heterocycles. The van der Waals surface area contributed by atoms with Crippen LogP contribution in [0.4, 0.5) is 0 Å². The van der Waals surface area contributed by atoms with Gasteiger partial charge in [0.25, 0.3) is 0 Å². The Morgan fingerprint density at radius 3 is 2.87 bits per heavy atom. The fraction of sp³-hybridized carbons (Fsp3) is 0.846. The first kappa shape index (κ1) is 11.2. The van der Waals surface area contributed by atoms with Gasteiger partial charge in [-0.2, -0.15) is 0 Å². The van der Waals surface area contributed by atoms with E-state index >= 15 is 0 Å². The molecule has 0 amide bonds. The van der Waals surface area contributed by atoms with E-state index in [-0.39, 0.29) is 0 Å². The Morgan fingerprint density at radius 2 is 2.27 bits per heavy atom. The van der Waals surface area contributed by atoms with Crippen molar-refractivity contribution in [1.82, 2.24) is 5.32 Å². The minimum atomic E-state index is 0.319. The minimum absolute atomic E-state index is 0.319. The molecular weight excluding hydrogens is 186 g/mol. The number of fused-ring (bicyclic) bond motifs is 2. The molecule has 2 bridgehead atoms. The quantitative estimate of drug-likeness (QED) is 0.654. The van der Waals surface area contributed by atoms with Crippen LogP contribution in [0.5, 0.6) is 0 Å². The Kier molecular flexibility index (Phi) is 3.81. The summed E-state index contributed by atoms with van der Waals surface area (Å²) in [5.74, 6) is 3.22. The smallest absolute Gasteiger partial charge is 0.0434 e. The van der Waals surface area contributed by atoms with Crippen LogP contribution in [0.15, 0.2) is 12.2 Å². The number of aliphatic hydroxyl groups excluding tert-OH is 1. The predicted octanol–water partition coefficient (Wildman–Crippen LogP) is 1.81. The molecule has 2 N–H and O–H groups in total. The SMILES string of the molecule is CC(CCO)CNCC1CC2C=CC1C2. The molecule has 1 saturated carbocycles. The van der Waals surface area contributed by atoms with Crippen molar-refractivity contribution in [3.8, 4) is 0 Å². The number of nitrogens with one attached hydrogen (secondary N) is 1. The molecule has 4 unspecified atom stereocenters. The third-order valence-electron chi connectivity index (χ3n) is 3.94. The first-order valence-corrected chi connectivity index (χ1v) is 6.29. The molecule has 2 heteroatoms. The molecule has 0 heterocycles. The van der Waals surface area contributed by atoms with E-state index in [4.69, 9.17) is 5.11 Å². The fourth-order valence-corrected chi connectivity index (χ4v) is 2.97. The largest absolute Gasteiger partial charge is 0.396 e. The van der Waals surface area contributed by atoms with E-state index in [1.165, 1.54) is 19.4 Å². The van der Waals surface area contributed by atoms with Crippen LogP contribution in [0.1, 0.15) is 26.2 Å². The summed E-state index contributed by atoms with van der Waals surface area (Å²) >= 11 is 0. The highest BCUT2D eigenvalue weighted by atomic mass is 16.3. The molecule has 2 nitrogen and oxygen atoms in total. The van der Waals surface area contributed by atoms with Gasteiger partial charge in [0.1, 0.15) is 0 Å². The summed E-state index contributed by atoms with van der Waals surface area (Å²) in [6.07, 6.45) is 8.53. The first-order chi connectivity index (χ1) is 7.29. The van der Waals surface area contributed by atoms with Crippen molar-refractivity contribution < 1.29 is 5.11 Å². The monoisotopic (exact) mass is 209 g/mol. The van der Waals surface area contributed by atoms with E-state index in [0.29, 0.717) is 12.5 Å². The number of allylic oxidation sites excluding steroid dienone is 2. The molecule has 0 saturated heterocycles. The lowest BCUT2D eigenvalue weighted by molar-refractivity contribution is 0.258. The van der Waals surface area contributed by atoms with E-state index in [1.807, 2.05) is 0 Å². The number of rotatable bonds is 6. The van der Waals surface area contributed by atoms with Gasteiger partial charge in [-0.25, -0.2) is 0 Å². The van der Waals surface area contributed by atoms with Crippen molar-refractivity contribution in [2.24, 2.45) is 23.7 Å². The third kappa shape index (κ3) is 2.82. The molecule has 2 aliphatic carbocycles. The number of hydrogen-bond acceptors (Lipinski definition) is 2. The molecule has 86 valence electrons. The van der Waals surface area contributed by atoms with Crippen molar-refractivity contribution >= 4 is 0 Å². The van der Waals surface area contributed by atoms with Gasteiger partial charge < -0.3 is 10.4 Å². The zero-order valence-electron chi connectivity index (χ0n) is 9.65. The van der Waals surface area contributed by atoms with Gasteiger partial charge >= 0.3 is 0 Å². The standard InChI is InChI=1S/C13H23NO/c1-10(4-5-15)8-14-9-13-7-11-2-3-12(13)6-11/h2-3,10-15H,4-9H2,1H3. The van der Waals surface area contributed by atoms with Crippen LogP contribution >= 0.6 is 0 Å². The lowest BCUT2D eigenvalue weighted by Gasteiger charge is -2.20. The van der Waals surface area contributed by atoms with Gasteiger partial charge in [0.05, 0.1) is 0 Å². The van der Waals surface area contributed by atoms with Gasteiger partial charge in [-0.15, -0.1) is 0 Å². The second-order valence-corrected chi connectivity index (χ2v) is 5.32. The Balaban J connectivity index is 1.61. The highest BCUT2D eigenvalue weighted by Gasteiger charge is 2.34. The maximum atomic E-state index is 8.80. The summed E-state index contributed by atoms with van der Waals surface area (Å²) in [5.41, 5.74) is 0. The summed E-state index contributed by atoms with van der Waals surface area (Å²) in [5, 5.41) is 12.3. The third-order valence-corrected chi connectivity index (χ3v) is 3.94. The molecule has 2 rings (SSSR count). The minimum Gasteiger partial charge on any atom is -0.396 e. The Bertz CT molecular complexity index is 227. The van der Waals surface area contributed by atoms with Gasteiger partial charge in [-0.05, 0) is 56.0 Å². The maximum Gasteiger partial charge on any atom is 0.0434 e. The Labute approximate surface area is 92.8 Å². The molecule has 4 atom stereocenters. The maximum absolute atomic E-state index is 8.80. The zero-order chi connectivity index (χ0) is 10.7. The number of aliphatic hydroxyl groups is 1. The van der Waals surface area contributed by atoms with Crippen LogP contribution in [-0.2, 0) is 0 Å². The first-order valence-electron chi connectivity index (χ1n) is 6.29. The normalized spacial score (nSPS) is 34.9. The van der Waals surface area contributed by atoms with Crippen LogP contribution in [0.25, 0.3) is 0 Å². The van der Waals surface area contributed by atoms with Gasteiger partial charge in [0.15, 0.2) is 0 Å². The van der Waals surface area contributed by atoms with Crippen molar-refractivity contribution in [3.63, 3.8) is 0 Å².